The first-order valence-electron chi connectivity index (χ1n) is 7.49. The summed E-state index contributed by atoms with van der Waals surface area (Å²) in [5, 5.41) is 0. The Morgan fingerprint density at radius 1 is 1.00 bits per heavy atom. The number of hydrogen-bond donors (Lipinski definition) is 1. The number of hydrogen-bond acceptors (Lipinski definition) is 2. The highest BCUT2D eigenvalue weighted by Crippen LogP contribution is 2.33. The Morgan fingerprint density at radius 2 is 1.75 bits per heavy atom. The first kappa shape index (κ1) is 15.1. The van der Waals surface area contributed by atoms with Gasteiger partial charge in [-0.3, -0.25) is 0 Å². The number of halogens is 4. The van der Waals surface area contributed by atoms with Crippen molar-refractivity contribution in [2.24, 2.45) is 5.73 Å². The highest BCUT2D eigenvalue weighted by atomic mass is 19.2. The Labute approximate surface area is 134 Å². The average molecular weight is 335 g/mol. The Hall–Kier alpha value is -2.41. The van der Waals surface area contributed by atoms with Crippen LogP contribution in [0.15, 0.2) is 30.3 Å². The van der Waals surface area contributed by atoms with E-state index >= 15 is 0 Å². The molecule has 2 heterocycles. The van der Waals surface area contributed by atoms with Gasteiger partial charge in [-0.15, -0.1) is 0 Å². The molecule has 0 fully saturated rings. The van der Waals surface area contributed by atoms with Gasteiger partial charge >= 0.3 is 0 Å². The number of rotatable bonds is 1. The molecule has 2 atom stereocenters. The van der Waals surface area contributed by atoms with E-state index in [1.54, 1.807) is 16.7 Å². The zero-order chi connectivity index (χ0) is 17.0. The molecular formula is C17H13F4N3. The second kappa shape index (κ2) is 5.31. The number of para-hydroxylation sites is 1. The summed E-state index contributed by atoms with van der Waals surface area (Å²) in [6, 6.07) is 5.47. The topological polar surface area (TPSA) is 43.8 Å². The molecule has 3 aromatic rings. The van der Waals surface area contributed by atoms with E-state index in [-0.39, 0.29) is 17.5 Å². The van der Waals surface area contributed by atoms with Crippen molar-refractivity contribution in [2.75, 3.05) is 0 Å². The number of fused-ring (bicyclic) bond motifs is 3. The van der Waals surface area contributed by atoms with Gasteiger partial charge in [0, 0.05) is 31.0 Å². The van der Waals surface area contributed by atoms with Gasteiger partial charge in [0.2, 0.25) is 0 Å². The van der Waals surface area contributed by atoms with Crippen molar-refractivity contribution < 1.29 is 17.6 Å². The lowest BCUT2D eigenvalue weighted by molar-refractivity contribution is 0.392. The Bertz CT molecular complexity index is 951. The highest BCUT2D eigenvalue weighted by Gasteiger charge is 2.32. The summed E-state index contributed by atoms with van der Waals surface area (Å²) >= 11 is 0. The molecule has 1 aromatic heterocycles. The maximum atomic E-state index is 14.1. The smallest absolute Gasteiger partial charge is 0.161 e. The van der Waals surface area contributed by atoms with Crippen LogP contribution in [0.25, 0.3) is 11.0 Å². The zero-order valence-corrected chi connectivity index (χ0v) is 12.4. The van der Waals surface area contributed by atoms with Gasteiger partial charge in [0.1, 0.15) is 17.2 Å². The summed E-state index contributed by atoms with van der Waals surface area (Å²) in [5.41, 5.74) is 7.00. The summed E-state index contributed by atoms with van der Waals surface area (Å²) in [6.07, 6.45) is 0.220. The summed E-state index contributed by atoms with van der Waals surface area (Å²) in [6.45, 7) is 0.290. The first-order valence-corrected chi connectivity index (χ1v) is 7.49. The Kier molecular flexibility index (Phi) is 3.35. The fraction of sp³-hybridized carbons (Fsp3) is 0.235. The van der Waals surface area contributed by atoms with E-state index in [0.29, 0.717) is 24.0 Å². The number of nitrogens with zero attached hydrogens (tertiary/aromatic N) is 2. The van der Waals surface area contributed by atoms with Crippen molar-refractivity contribution in [2.45, 2.75) is 24.9 Å². The predicted octanol–water partition coefficient (Wildman–Crippen LogP) is 3.26. The fourth-order valence-electron chi connectivity index (χ4n) is 3.37. The summed E-state index contributed by atoms with van der Waals surface area (Å²) < 4.78 is 56.4. The van der Waals surface area contributed by atoms with E-state index in [1.807, 2.05) is 0 Å². The monoisotopic (exact) mass is 335 g/mol. The molecule has 0 amide bonds. The molecule has 24 heavy (non-hydrogen) atoms. The number of imidazole rings is 1. The first-order chi connectivity index (χ1) is 11.5. The molecule has 4 rings (SSSR count). The third-order valence-corrected chi connectivity index (χ3v) is 4.56. The SMILES string of the molecule is N[C@H]1Cn2c(nc3c(F)cccc32)C[C@@H]1c1cc(F)c(F)cc1F. The van der Waals surface area contributed by atoms with Crippen LogP contribution >= 0.6 is 0 Å². The molecule has 1 aliphatic rings. The van der Waals surface area contributed by atoms with Crippen molar-refractivity contribution in [1.29, 1.82) is 0 Å². The minimum Gasteiger partial charge on any atom is -0.326 e. The molecular weight excluding hydrogens is 322 g/mol. The zero-order valence-electron chi connectivity index (χ0n) is 12.4. The van der Waals surface area contributed by atoms with Gasteiger partial charge in [-0.25, -0.2) is 22.5 Å². The van der Waals surface area contributed by atoms with Gasteiger partial charge in [-0.05, 0) is 23.8 Å². The van der Waals surface area contributed by atoms with Crippen LogP contribution in [0.1, 0.15) is 17.3 Å². The second-order valence-corrected chi connectivity index (χ2v) is 6.01. The molecule has 0 aliphatic carbocycles. The number of aromatic nitrogens is 2. The van der Waals surface area contributed by atoms with Gasteiger partial charge in [0.05, 0.1) is 5.52 Å². The van der Waals surface area contributed by atoms with Gasteiger partial charge in [-0.1, -0.05) is 6.07 Å². The fourth-order valence-corrected chi connectivity index (χ4v) is 3.37. The van der Waals surface area contributed by atoms with Crippen molar-refractivity contribution in [3.63, 3.8) is 0 Å². The van der Waals surface area contributed by atoms with E-state index in [0.717, 1.165) is 6.07 Å². The normalized spacial score (nSPS) is 20.4. The second-order valence-electron chi connectivity index (χ2n) is 6.01. The molecule has 2 aromatic carbocycles. The summed E-state index contributed by atoms with van der Waals surface area (Å²) in [7, 11) is 0. The van der Waals surface area contributed by atoms with E-state index in [2.05, 4.69) is 4.98 Å². The molecule has 1 aliphatic heterocycles. The van der Waals surface area contributed by atoms with Crippen molar-refractivity contribution in [3.8, 4) is 0 Å². The lowest BCUT2D eigenvalue weighted by Gasteiger charge is -2.30. The summed E-state index contributed by atoms with van der Waals surface area (Å²) in [5.74, 6) is -3.67. The molecule has 0 saturated carbocycles. The lowest BCUT2D eigenvalue weighted by atomic mass is 9.86. The molecule has 0 saturated heterocycles. The maximum absolute atomic E-state index is 14.1. The molecule has 124 valence electrons. The molecule has 0 spiro atoms. The van der Waals surface area contributed by atoms with Gasteiger partial charge < -0.3 is 10.3 Å². The van der Waals surface area contributed by atoms with Crippen molar-refractivity contribution >= 4 is 11.0 Å². The van der Waals surface area contributed by atoms with E-state index in [9.17, 15) is 17.6 Å². The van der Waals surface area contributed by atoms with Crippen molar-refractivity contribution in [1.82, 2.24) is 9.55 Å². The third kappa shape index (κ3) is 2.19. The van der Waals surface area contributed by atoms with Gasteiger partial charge in [0.25, 0.3) is 0 Å². The predicted molar refractivity (Wildman–Crippen MR) is 80.4 cm³/mol. The molecule has 3 nitrogen and oxygen atoms in total. The average Bonchev–Trinajstić information content (AvgIpc) is 2.90. The van der Waals surface area contributed by atoms with Crippen molar-refractivity contribution in [3.05, 3.63) is 65.0 Å². The highest BCUT2D eigenvalue weighted by molar-refractivity contribution is 5.76. The van der Waals surface area contributed by atoms with E-state index in [4.69, 9.17) is 5.73 Å². The van der Waals surface area contributed by atoms with Gasteiger partial charge in [-0.2, -0.15) is 0 Å². The minimum absolute atomic E-state index is 0.0141. The van der Waals surface area contributed by atoms with Crippen LogP contribution in [-0.4, -0.2) is 15.6 Å². The lowest BCUT2D eigenvalue weighted by Crippen LogP contribution is -2.39. The van der Waals surface area contributed by atoms with Crippen LogP contribution in [0.5, 0.6) is 0 Å². The van der Waals surface area contributed by atoms with Crippen LogP contribution in [0.2, 0.25) is 0 Å². The van der Waals surface area contributed by atoms with Crippen LogP contribution in [0.3, 0.4) is 0 Å². The maximum Gasteiger partial charge on any atom is 0.161 e. The molecule has 0 bridgehead atoms. The van der Waals surface area contributed by atoms with Gasteiger partial charge in [0.15, 0.2) is 17.5 Å². The van der Waals surface area contributed by atoms with Crippen LogP contribution in [0.4, 0.5) is 17.6 Å². The third-order valence-electron chi connectivity index (χ3n) is 4.56. The Morgan fingerprint density at radius 3 is 2.54 bits per heavy atom. The number of benzene rings is 2. The van der Waals surface area contributed by atoms with E-state index < -0.39 is 35.2 Å². The molecule has 2 N–H and O–H groups in total. The summed E-state index contributed by atoms with van der Waals surface area (Å²) in [4.78, 5) is 4.27. The Balaban J connectivity index is 1.81. The minimum atomic E-state index is -1.24. The molecule has 0 radical (unpaired) electrons. The quantitative estimate of drug-likeness (QED) is 0.548. The molecule has 0 unspecified atom stereocenters. The van der Waals surface area contributed by atoms with Crippen LogP contribution in [-0.2, 0) is 13.0 Å². The number of nitrogens with two attached hydrogens (primary N) is 1. The standard InChI is InChI=1S/C17H13F4N3/c18-10-2-1-3-15-17(10)23-16-5-9(14(22)7-24(15)16)8-4-12(20)13(21)6-11(8)19/h1-4,6,9,14H,5,7,22H2/t9-,14+/m1/s1. The van der Waals surface area contributed by atoms with E-state index in [1.165, 1.54) is 6.07 Å². The molecule has 7 heteroatoms. The van der Waals surface area contributed by atoms with Crippen LogP contribution in [0, 0.1) is 23.3 Å². The largest absolute Gasteiger partial charge is 0.326 e. The van der Waals surface area contributed by atoms with Crippen LogP contribution < -0.4 is 5.73 Å².